The molecule has 2 aromatic rings. The van der Waals surface area contributed by atoms with E-state index in [9.17, 15) is 16.8 Å². The summed E-state index contributed by atoms with van der Waals surface area (Å²) in [4.78, 5) is 0.481. The quantitative estimate of drug-likeness (QED) is 0.647. The molecule has 170 valence electrons. The van der Waals surface area contributed by atoms with Crippen LogP contribution in [0, 0.1) is 0 Å². The molecule has 1 aliphatic rings. The first-order chi connectivity index (χ1) is 14.4. The van der Waals surface area contributed by atoms with Crippen molar-refractivity contribution in [2.75, 3.05) is 19.6 Å². The van der Waals surface area contributed by atoms with E-state index in [1.165, 1.54) is 8.61 Å². The largest absolute Gasteiger partial charge is 0.243 e. The number of hydrogen-bond donors (Lipinski definition) is 0. The minimum absolute atomic E-state index is 0.123. The highest BCUT2D eigenvalue weighted by atomic mass is 32.2. The highest BCUT2D eigenvalue weighted by molar-refractivity contribution is 7.89. The van der Waals surface area contributed by atoms with Gasteiger partial charge >= 0.3 is 0 Å². The van der Waals surface area contributed by atoms with Crippen molar-refractivity contribution < 1.29 is 16.8 Å². The summed E-state index contributed by atoms with van der Waals surface area (Å²) in [7, 11) is -7.36. The van der Waals surface area contributed by atoms with Crippen LogP contribution in [0.3, 0.4) is 0 Å². The van der Waals surface area contributed by atoms with Crippen LogP contribution in [-0.4, -0.2) is 51.1 Å². The van der Waals surface area contributed by atoms with Gasteiger partial charge in [-0.2, -0.15) is 8.61 Å². The molecule has 0 unspecified atom stereocenters. The first kappa shape index (κ1) is 23.9. The fourth-order valence-corrected chi connectivity index (χ4v) is 6.94. The molecule has 8 heteroatoms. The molecular formula is C23H32N2O4S2. The first-order valence-electron chi connectivity index (χ1n) is 10.7. The van der Waals surface area contributed by atoms with Gasteiger partial charge < -0.3 is 0 Å². The molecule has 0 spiro atoms. The van der Waals surface area contributed by atoms with Gasteiger partial charge in [0.05, 0.1) is 9.79 Å². The molecule has 1 fully saturated rings. The standard InChI is InChI=1S/C23H32N2O4S2/c1-17(2)20-6-10-22(11-7-20)30(26,27)24-14-15-25(19(5)16-24)31(28,29)23-12-8-21(9-13-23)18(3)4/h6-13,17-19H,14-16H2,1-5H3/t19-/m0/s1. The van der Waals surface area contributed by atoms with Crippen molar-refractivity contribution >= 4 is 20.0 Å². The Labute approximate surface area is 187 Å². The molecule has 0 saturated carbocycles. The van der Waals surface area contributed by atoms with E-state index in [2.05, 4.69) is 27.7 Å². The Balaban J connectivity index is 1.77. The predicted molar refractivity (Wildman–Crippen MR) is 123 cm³/mol. The summed E-state index contributed by atoms with van der Waals surface area (Å²) in [6.07, 6.45) is 0. The number of hydrogen-bond acceptors (Lipinski definition) is 4. The van der Waals surface area contributed by atoms with Crippen LogP contribution in [0.15, 0.2) is 58.3 Å². The summed E-state index contributed by atoms with van der Waals surface area (Å²) < 4.78 is 55.3. The lowest BCUT2D eigenvalue weighted by Gasteiger charge is -2.38. The van der Waals surface area contributed by atoms with Gasteiger partial charge in [0.15, 0.2) is 0 Å². The highest BCUT2D eigenvalue weighted by Gasteiger charge is 2.38. The van der Waals surface area contributed by atoms with E-state index in [0.29, 0.717) is 11.8 Å². The lowest BCUT2D eigenvalue weighted by molar-refractivity contribution is 0.212. The second-order valence-corrected chi connectivity index (χ2v) is 12.6. The van der Waals surface area contributed by atoms with E-state index in [4.69, 9.17) is 0 Å². The van der Waals surface area contributed by atoms with Gasteiger partial charge in [-0.05, 0) is 54.2 Å². The van der Waals surface area contributed by atoms with Gasteiger partial charge in [-0.1, -0.05) is 52.0 Å². The third-order valence-electron chi connectivity index (χ3n) is 5.87. The summed E-state index contributed by atoms with van der Waals surface area (Å²) in [5.74, 6) is 0.638. The van der Waals surface area contributed by atoms with E-state index in [1.54, 1.807) is 31.2 Å². The average Bonchev–Trinajstić information content (AvgIpc) is 2.73. The van der Waals surface area contributed by atoms with Crippen LogP contribution in [0.4, 0.5) is 0 Å². The lowest BCUT2D eigenvalue weighted by atomic mass is 10.0. The van der Waals surface area contributed by atoms with Gasteiger partial charge in [0.2, 0.25) is 20.0 Å². The second kappa shape index (κ2) is 9.02. The Hall–Kier alpha value is -1.74. The summed E-state index contributed by atoms with van der Waals surface area (Å²) in [5.41, 5.74) is 2.15. The second-order valence-electron chi connectivity index (χ2n) is 8.78. The molecule has 0 bridgehead atoms. The third kappa shape index (κ3) is 4.87. The minimum Gasteiger partial charge on any atom is -0.207 e. The Morgan fingerprint density at radius 1 is 0.710 bits per heavy atom. The minimum atomic E-state index is -3.69. The molecule has 6 nitrogen and oxygen atoms in total. The highest BCUT2D eigenvalue weighted by Crippen LogP contribution is 2.27. The maximum absolute atomic E-state index is 13.2. The molecule has 0 radical (unpaired) electrons. The SMILES string of the molecule is CC(C)c1ccc(S(=O)(=O)N2CCN(S(=O)(=O)c3ccc(C(C)C)cc3)[C@@H](C)C2)cc1. The summed E-state index contributed by atoms with van der Waals surface area (Å²) in [6, 6.07) is 13.4. The van der Waals surface area contributed by atoms with Gasteiger partial charge in [0.1, 0.15) is 0 Å². The Kier molecular flexibility index (Phi) is 6.96. The number of sulfonamides is 2. The molecule has 3 rings (SSSR count). The van der Waals surface area contributed by atoms with Crippen molar-refractivity contribution in [3.63, 3.8) is 0 Å². The summed E-state index contributed by atoms with van der Waals surface area (Å²) >= 11 is 0. The molecule has 0 N–H and O–H groups in total. The normalized spacial score (nSPS) is 19.3. The van der Waals surface area contributed by atoms with Crippen molar-refractivity contribution in [1.29, 1.82) is 0 Å². The molecule has 1 aliphatic heterocycles. The van der Waals surface area contributed by atoms with Crippen molar-refractivity contribution in [3.8, 4) is 0 Å². The van der Waals surface area contributed by atoms with Crippen molar-refractivity contribution in [1.82, 2.24) is 8.61 Å². The summed E-state index contributed by atoms with van der Waals surface area (Å²) in [5, 5.41) is 0. The van der Waals surface area contributed by atoms with E-state index in [0.717, 1.165) is 11.1 Å². The van der Waals surface area contributed by atoms with Gasteiger partial charge in [0, 0.05) is 25.7 Å². The number of benzene rings is 2. The molecule has 0 aliphatic carbocycles. The lowest BCUT2D eigenvalue weighted by Crippen LogP contribution is -2.55. The van der Waals surface area contributed by atoms with Gasteiger partial charge in [0.25, 0.3) is 0 Å². The maximum Gasteiger partial charge on any atom is 0.243 e. The number of rotatable bonds is 6. The van der Waals surface area contributed by atoms with Crippen LogP contribution in [0.5, 0.6) is 0 Å². The molecule has 31 heavy (non-hydrogen) atoms. The van der Waals surface area contributed by atoms with Crippen LogP contribution in [0.25, 0.3) is 0 Å². The maximum atomic E-state index is 13.2. The van der Waals surface area contributed by atoms with Gasteiger partial charge in [-0.3, -0.25) is 0 Å². The Morgan fingerprint density at radius 3 is 1.52 bits per heavy atom. The molecule has 1 saturated heterocycles. The smallest absolute Gasteiger partial charge is 0.207 e. The van der Waals surface area contributed by atoms with Gasteiger partial charge in [-0.25, -0.2) is 16.8 Å². The van der Waals surface area contributed by atoms with Crippen LogP contribution < -0.4 is 0 Å². The fourth-order valence-electron chi connectivity index (χ4n) is 3.82. The fraction of sp³-hybridized carbons (Fsp3) is 0.478. The zero-order chi connectivity index (χ0) is 23.0. The molecule has 0 aromatic heterocycles. The molecule has 2 aromatic carbocycles. The van der Waals surface area contributed by atoms with E-state index >= 15 is 0 Å². The first-order valence-corrected chi connectivity index (χ1v) is 13.5. The Bertz CT molecular complexity index is 1110. The zero-order valence-electron chi connectivity index (χ0n) is 18.8. The monoisotopic (exact) mass is 464 g/mol. The molecule has 1 heterocycles. The van der Waals surface area contributed by atoms with Crippen LogP contribution in [0.2, 0.25) is 0 Å². The van der Waals surface area contributed by atoms with Crippen molar-refractivity contribution in [2.24, 2.45) is 0 Å². The molecular weight excluding hydrogens is 432 g/mol. The van der Waals surface area contributed by atoms with Crippen LogP contribution in [0.1, 0.15) is 57.6 Å². The van der Waals surface area contributed by atoms with Crippen molar-refractivity contribution in [3.05, 3.63) is 59.7 Å². The van der Waals surface area contributed by atoms with E-state index < -0.39 is 26.1 Å². The van der Waals surface area contributed by atoms with Crippen molar-refractivity contribution in [2.45, 2.75) is 62.3 Å². The average molecular weight is 465 g/mol. The topological polar surface area (TPSA) is 74.8 Å². The van der Waals surface area contributed by atoms with Crippen LogP contribution in [-0.2, 0) is 20.0 Å². The molecule has 1 atom stereocenters. The zero-order valence-corrected chi connectivity index (χ0v) is 20.4. The summed E-state index contributed by atoms with van der Waals surface area (Å²) in [6.45, 7) is 10.4. The molecule has 0 amide bonds. The number of nitrogens with zero attached hydrogens (tertiary/aromatic N) is 2. The third-order valence-corrected chi connectivity index (χ3v) is 9.77. The van der Waals surface area contributed by atoms with E-state index in [-0.39, 0.29) is 29.4 Å². The predicted octanol–water partition coefficient (Wildman–Crippen LogP) is 4.02. The van der Waals surface area contributed by atoms with Gasteiger partial charge in [-0.15, -0.1) is 0 Å². The number of piperazine rings is 1. The van der Waals surface area contributed by atoms with E-state index in [1.807, 2.05) is 24.3 Å². The van der Waals surface area contributed by atoms with Crippen LogP contribution >= 0.6 is 0 Å². The Morgan fingerprint density at radius 2 is 1.13 bits per heavy atom.